The van der Waals surface area contributed by atoms with Gasteiger partial charge in [-0.2, -0.15) is 5.10 Å². The van der Waals surface area contributed by atoms with Crippen molar-refractivity contribution < 1.29 is 0 Å². The van der Waals surface area contributed by atoms with E-state index in [-0.39, 0.29) is 6.04 Å². The van der Waals surface area contributed by atoms with Gasteiger partial charge in [-0.25, -0.2) is 0 Å². The summed E-state index contributed by atoms with van der Waals surface area (Å²) in [4.78, 5) is 2.55. The Balaban J connectivity index is 2.33. The van der Waals surface area contributed by atoms with Crippen LogP contribution in [0.1, 0.15) is 50.8 Å². The number of hydrogen-bond acceptors (Lipinski definition) is 3. The standard InChI is InChI=1S/C15H28N4/c1-5-12(16)10-14-11(3)17-18(4)15(14)19-9-7-8-13(19)6-2/h12-13H,5-10,16H2,1-4H3. The van der Waals surface area contributed by atoms with E-state index in [0.717, 1.165) is 25.1 Å². The first-order valence-electron chi connectivity index (χ1n) is 7.63. The van der Waals surface area contributed by atoms with E-state index < -0.39 is 0 Å². The summed E-state index contributed by atoms with van der Waals surface area (Å²) in [6, 6.07) is 0.913. The van der Waals surface area contributed by atoms with E-state index in [2.05, 4.69) is 42.5 Å². The van der Waals surface area contributed by atoms with Crippen LogP contribution >= 0.6 is 0 Å². The number of aryl methyl sites for hydroxylation is 2. The predicted molar refractivity (Wildman–Crippen MR) is 80.6 cm³/mol. The maximum atomic E-state index is 6.16. The van der Waals surface area contributed by atoms with Crippen LogP contribution in [-0.2, 0) is 13.5 Å². The first-order valence-corrected chi connectivity index (χ1v) is 7.63. The molecule has 2 N–H and O–H groups in total. The van der Waals surface area contributed by atoms with E-state index in [1.54, 1.807) is 0 Å². The van der Waals surface area contributed by atoms with Crippen LogP contribution in [0.15, 0.2) is 0 Å². The molecule has 1 saturated heterocycles. The zero-order chi connectivity index (χ0) is 14.0. The van der Waals surface area contributed by atoms with Gasteiger partial charge < -0.3 is 10.6 Å². The minimum absolute atomic E-state index is 0.240. The number of rotatable bonds is 5. The third-order valence-electron chi connectivity index (χ3n) is 4.42. The molecule has 0 radical (unpaired) electrons. The van der Waals surface area contributed by atoms with E-state index >= 15 is 0 Å². The van der Waals surface area contributed by atoms with Gasteiger partial charge in [0.05, 0.1) is 5.69 Å². The van der Waals surface area contributed by atoms with Crippen LogP contribution in [-0.4, -0.2) is 28.4 Å². The lowest BCUT2D eigenvalue weighted by Gasteiger charge is -2.27. The molecule has 0 aliphatic carbocycles. The van der Waals surface area contributed by atoms with E-state index in [9.17, 15) is 0 Å². The molecule has 1 aromatic rings. The minimum atomic E-state index is 0.240. The maximum absolute atomic E-state index is 6.16. The van der Waals surface area contributed by atoms with Crippen molar-refractivity contribution in [1.82, 2.24) is 9.78 Å². The number of hydrogen-bond donors (Lipinski definition) is 1. The molecule has 0 spiro atoms. The zero-order valence-electron chi connectivity index (χ0n) is 12.8. The van der Waals surface area contributed by atoms with Gasteiger partial charge in [-0.3, -0.25) is 4.68 Å². The molecule has 2 rings (SSSR count). The van der Waals surface area contributed by atoms with Crippen molar-refractivity contribution in [1.29, 1.82) is 0 Å². The first kappa shape index (κ1) is 14.4. The van der Waals surface area contributed by atoms with Crippen molar-refractivity contribution in [3.05, 3.63) is 11.3 Å². The number of anilines is 1. The molecule has 2 unspecified atom stereocenters. The van der Waals surface area contributed by atoms with Crippen LogP contribution in [0.3, 0.4) is 0 Å². The molecular formula is C15H28N4. The van der Waals surface area contributed by atoms with Gasteiger partial charge in [-0.1, -0.05) is 13.8 Å². The number of aromatic nitrogens is 2. The van der Waals surface area contributed by atoms with Crippen molar-refractivity contribution >= 4 is 5.82 Å². The zero-order valence-corrected chi connectivity index (χ0v) is 12.8. The summed E-state index contributed by atoms with van der Waals surface area (Å²) < 4.78 is 2.06. The molecule has 0 aromatic carbocycles. The highest BCUT2D eigenvalue weighted by atomic mass is 15.4. The van der Waals surface area contributed by atoms with Crippen LogP contribution < -0.4 is 10.6 Å². The highest BCUT2D eigenvalue weighted by Gasteiger charge is 2.28. The molecule has 0 amide bonds. The molecule has 1 fully saturated rings. The van der Waals surface area contributed by atoms with Gasteiger partial charge in [-0.05, 0) is 39.0 Å². The molecule has 1 aromatic heterocycles. The van der Waals surface area contributed by atoms with E-state index in [0.29, 0.717) is 6.04 Å². The molecule has 0 bridgehead atoms. The predicted octanol–water partition coefficient (Wildman–Crippen LogP) is 2.39. The Morgan fingerprint density at radius 2 is 2.16 bits per heavy atom. The van der Waals surface area contributed by atoms with Gasteiger partial charge in [0.1, 0.15) is 5.82 Å². The highest BCUT2D eigenvalue weighted by molar-refractivity contribution is 5.52. The van der Waals surface area contributed by atoms with Crippen molar-refractivity contribution in [3.63, 3.8) is 0 Å². The van der Waals surface area contributed by atoms with E-state index in [1.807, 2.05) is 0 Å². The molecule has 1 aliphatic heterocycles. The molecule has 2 heterocycles. The molecule has 19 heavy (non-hydrogen) atoms. The van der Waals surface area contributed by atoms with Crippen LogP contribution in [0.5, 0.6) is 0 Å². The Morgan fingerprint density at radius 3 is 2.79 bits per heavy atom. The summed E-state index contributed by atoms with van der Waals surface area (Å²) in [6.45, 7) is 7.70. The average molecular weight is 264 g/mol. The fourth-order valence-electron chi connectivity index (χ4n) is 3.23. The summed E-state index contributed by atoms with van der Waals surface area (Å²) in [6.07, 6.45) is 5.77. The van der Waals surface area contributed by atoms with Gasteiger partial charge in [0.15, 0.2) is 0 Å². The Hall–Kier alpha value is -1.03. The summed E-state index contributed by atoms with van der Waals surface area (Å²) in [7, 11) is 2.06. The third kappa shape index (κ3) is 2.78. The Kier molecular flexibility index (Phi) is 4.50. The van der Waals surface area contributed by atoms with Crippen molar-refractivity contribution in [2.24, 2.45) is 12.8 Å². The van der Waals surface area contributed by atoms with Crippen LogP contribution in [0.25, 0.3) is 0 Å². The lowest BCUT2D eigenvalue weighted by atomic mass is 10.0. The number of nitrogens with zero attached hydrogens (tertiary/aromatic N) is 3. The second-order valence-electron chi connectivity index (χ2n) is 5.78. The summed E-state index contributed by atoms with van der Waals surface area (Å²) >= 11 is 0. The first-order chi connectivity index (χ1) is 9.08. The second kappa shape index (κ2) is 5.95. The quantitative estimate of drug-likeness (QED) is 0.888. The van der Waals surface area contributed by atoms with E-state index in [4.69, 9.17) is 5.73 Å². The topological polar surface area (TPSA) is 47.1 Å². The molecule has 1 aliphatic rings. The normalized spacial score (nSPS) is 21.1. The average Bonchev–Trinajstić information content (AvgIpc) is 2.94. The summed E-state index contributed by atoms with van der Waals surface area (Å²) in [5.41, 5.74) is 8.66. The lowest BCUT2D eigenvalue weighted by molar-refractivity contribution is 0.611. The summed E-state index contributed by atoms with van der Waals surface area (Å²) in [5, 5.41) is 4.63. The molecule has 0 saturated carbocycles. The number of nitrogens with two attached hydrogens (primary N) is 1. The monoisotopic (exact) mass is 264 g/mol. The molecule has 4 nitrogen and oxygen atoms in total. The van der Waals surface area contributed by atoms with E-state index in [1.165, 1.54) is 30.6 Å². The Bertz CT molecular complexity index is 424. The molecule has 108 valence electrons. The van der Waals surface area contributed by atoms with Crippen LogP contribution in [0, 0.1) is 6.92 Å². The van der Waals surface area contributed by atoms with Crippen LogP contribution in [0.2, 0.25) is 0 Å². The smallest absolute Gasteiger partial charge is 0.130 e. The molecule has 2 atom stereocenters. The fraction of sp³-hybridized carbons (Fsp3) is 0.800. The molecule has 4 heteroatoms. The SMILES string of the molecule is CCC(N)Cc1c(C)nn(C)c1N1CCCC1CC. The van der Waals surface area contributed by atoms with Gasteiger partial charge >= 0.3 is 0 Å². The van der Waals surface area contributed by atoms with Gasteiger partial charge in [-0.15, -0.1) is 0 Å². The van der Waals surface area contributed by atoms with Gasteiger partial charge in [0.2, 0.25) is 0 Å². The van der Waals surface area contributed by atoms with Crippen LogP contribution in [0.4, 0.5) is 5.82 Å². The fourth-order valence-corrected chi connectivity index (χ4v) is 3.23. The molecular weight excluding hydrogens is 236 g/mol. The Labute approximate surface area is 117 Å². The summed E-state index contributed by atoms with van der Waals surface area (Å²) in [5.74, 6) is 1.31. The van der Waals surface area contributed by atoms with Gasteiger partial charge in [0, 0.05) is 31.2 Å². The maximum Gasteiger partial charge on any atom is 0.130 e. The highest BCUT2D eigenvalue weighted by Crippen LogP contribution is 2.32. The third-order valence-corrected chi connectivity index (χ3v) is 4.42. The Morgan fingerprint density at radius 1 is 1.42 bits per heavy atom. The van der Waals surface area contributed by atoms with Gasteiger partial charge in [0.25, 0.3) is 0 Å². The largest absolute Gasteiger partial charge is 0.354 e. The van der Waals surface area contributed by atoms with Crippen molar-refractivity contribution in [2.75, 3.05) is 11.4 Å². The second-order valence-corrected chi connectivity index (χ2v) is 5.78. The van der Waals surface area contributed by atoms with Crippen molar-refractivity contribution in [2.45, 2.75) is 65.0 Å². The minimum Gasteiger partial charge on any atom is -0.354 e. The lowest BCUT2D eigenvalue weighted by Crippen LogP contribution is -2.32. The van der Waals surface area contributed by atoms with Crippen molar-refractivity contribution in [3.8, 4) is 0 Å².